The van der Waals surface area contributed by atoms with E-state index in [1.54, 1.807) is 20.8 Å². The molecular weight excluding hydrogens is 235 g/mol. The van der Waals surface area contributed by atoms with Crippen molar-refractivity contribution in [1.82, 2.24) is 4.90 Å². The summed E-state index contributed by atoms with van der Waals surface area (Å²) in [5.41, 5.74) is 5.02. The lowest BCUT2D eigenvalue weighted by Crippen LogP contribution is -2.42. The van der Waals surface area contributed by atoms with Crippen LogP contribution in [-0.4, -0.2) is 34.6 Å². The van der Waals surface area contributed by atoms with Crippen LogP contribution in [0.4, 0.5) is 10.1 Å². The molecule has 0 spiro atoms. The van der Waals surface area contributed by atoms with E-state index in [-0.39, 0.29) is 23.7 Å². The lowest BCUT2D eigenvalue weighted by Gasteiger charge is -2.28. The van der Waals surface area contributed by atoms with Gasteiger partial charge in [0.2, 0.25) is 0 Å². The number of hydrogen-bond donors (Lipinski definition) is 2. The second-order valence-corrected chi connectivity index (χ2v) is 4.86. The molecule has 0 heterocycles. The van der Waals surface area contributed by atoms with Crippen LogP contribution in [-0.2, 0) is 0 Å². The third-order valence-corrected chi connectivity index (χ3v) is 2.49. The summed E-state index contributed by atoms with van der Waals surface area (Å²) in [4.78, 5) is 13.6. The van der Waals surface area contributed by atoms with Crippen LogP contribution in [0.3, 0.4) is 0 Å². The zero-order valence-electron chi connectivity index (χ0n) is 10.9. The minimum absolute atomic E-state index is 0.126. The highest BCUT2D eigenvalue weighted by Gasteiger charge is 2.23. The van der Waals surface area contributed by atoms with Crippen molar-refractivity contribution < 1.29 is 14.3 Å². The van der Waals surface area contributed by atoms with E-state index in [9.17, 15) is 14.3 Å². The maximum Gasteiger partial charge on any atom is 0.256 e. The van der Waals surface area contributed by atoms with Crippen LogP contribution in [0.1, 0.15) is 31.1 Å². The predicted molar refractivity (Wildman–Crippen MR) is 68.7 cm³/mol. The number of anilines is 1. The Labute approximate surface area is 106 Å². The molecule has 3 N–H and O–H groups in total. The second kappa shape index (κ2) is 5.35. The molecule has 1 rings (SSSR count). The Balaban J connectivity index is 3.00. The molecule has 0 saturated heterocycles. The summed E-state index contributed by atoms with van der Waals surface area (Å²) in [6.45, 7) is 5.59. The standard InChI is InChI=1S/C13H19FN2O2/c1-4-16(8-13(2,3)18)12(17)10-7-9(14)5-6-11(10)15/h5-7,18H,4,8,15H2,1-3H3. The monoisotopic (exact) mass is 254 g/mol. The van der Waals surface area contributed by atoms with E-state index in [0.717, 1.165) is 6.07 Å². The van der Waals surface area contributed by atoms with Crippen molar-refractivity contribution in [2.24, 2.45) is 0 Å². The van der Waals surface area contributed by atoms with Gasteiger partial charge < -0.3 is 15.7 Å². The first-order valence-corrected chi connectivity index (χ1v) is 5.81. The first-order chi connectivity index (χ1) is 8.24. The summed E-state index contributed by atoms with van der Waals surface area (Å²) in [6, 6.07) is 3.68. The number of nitrogen functional groups attached to an aromatic ring is 1. The van der Waals surface area contributed by atoms with Gasteiger partial charge in [-0.25, -0.2) is 4.39 Å². The lowest BCUT2D eigenvalue weighted by molar-refractivity contribution is 0.0315. The van der Waals surface area contributed by atoms with Crippen molar-refractivity contribution in [3.63, 3.8) is 0 Å². The molecule has 1 aromatic carbocycles. The van der Waals surface area contributed by atoms with Gasteiger partial charge in [-0.05, 0) is 39.0 Å². The first kappa shape index (κ1) is 14.4. The number of benzene rings is 1. The Morgan fingerprint density at radius 3 is 2.61 bits per heavy atom. The zero-order chi connectivity index (χ0) is 13.9. The van der Waals surface area contributed by atoms with Gasteiger partial charge in [0, 0.05) is 18.8 Å². The molecule has 0 aromatic heterocycles. The Kier molecular flexibility index (Phi) is 4.29. The number of aliphatic hydroxyl groups is 1. The summed E-state index contributed by atoms with van der Waals surface area (Å²) in [5, 5.41) is 9.74. The van der Waals surface area contributed by atoms with Crippen molar-refractivity contribution >= 4 is 11.6 Å². The molecule has 0 atom stereocenters. The molecule has 0 bridgehead atoms. The predicted octanol–water partition coefficient (Wildman–Crippen LogP) is 1.64. The highest BCUT2D eigenvalue weighted by molar-refractivity contribution is 5.99. The Morgan fingerprint density at radius 1 is 1.50 bits per heavy atom. The molecule has 0 aliphatic carbocycles. The van der Waals surface area contributed by atoms with Gasteiger partial charge in [-0.1, -0.05) is 0 Å². The number of nitrogens with zero attached hydrogens (tertiary/aromatic N) is 1. The van der Waals surface area contributed by atoms with Gasteiger partial charge in [0.15, 0.2) is 0 Å². The van der Waals surface area contributed by atoms with Gasteiger partial charge in [-0.3, -0.25) is 4.79 Å². The normalized spacial score (nSPS) is 11.4. The molecule has 5 heteroatoms. The Bertz CT molecular complexity index is 441. The van der Waals surface area contributed by atoms with E-state index in [2.05, 4.69) is 0 Å². The number of amides is 1. The van der Waals surface area contributed by atoms with E-state index < -0.39 is 11.4 Å². The number of rotatable bonds is 4. The van der Waals surface area contributed by atoms with Crippen LogP contribution in [0.15, 0.2) is 18.2 Å². The molecule has 0 fully saturated rings. The Hall–Kier alpha value is -1.62. The molecule has 1 aromatic rings. The minimum atomic E-state index is -1.01. The zero-order valence-corrected chi connectivity index (χ0v) is 10.9. The van der Waals surface area contributed by atoms with Crippen LogP contribution in [0, 0.1) is 5.82 Å². The van der Waals surface area contributed by atoms with Crippen LogP contribution in [0.2, 0.25) is 0 Å². The van der Waals surface area contributed by atoms with Gasteiger partial charge in [0.1, 0.15) is 5.82 Å². The van der Waals surface area contributed by atoms with Crippen molar-refractivity contribution in [2.45, 2.75) is 26.4 Å². The number of halogens is 1. The van der Waals surface area contributed by atoms with Crippen molar-refractivity contribution in [2.75, 3.05) is 18.8 Å². The quantitative estimate of drug-likeness (QED) is 0.803. The molecule has 0 radical (unpaired) electrons. The number of carbonyl (C=O) groups is 1. The van der Waals surface area contributed by atoms with Gasteiger partial charge in [0.05, 0.1) is 11.2 Å². The van der Waals surface area contributed by atoms with Crippen LogP contribution in [0.25, 0.3) is 0 Å². The molecule has 0 unspecified atom stereocenters. The molecule has 1 amide bonds. The van der Waals surface area contributed by atoms with Crippen LogP contribution >= 0.6 is 0 Å². The fraction of sp³-hybridized carbons (Fsp3) is 0.462. The number of nitrogens with two attached hydrogens (primary N) is 1. The van der Waals surface area contributed by atoms with Gasteiger partial charge in [-0.15, -0.1) is 0 Å². The number of likely N-dealkylation sites (N-methyl/N-ethyl adjacent to an activating group) is 1. The molecule has 100 valence electrons. The lowest BCUT2D eigenvalue weighted by atomic mass is 10.1. The van der Waals surface area contributed by atoms with Crippen molar-refractivity contribution in [3.05, 3.63) is 29.6 Å². The molecule has 0 aliphatic heterocycles. The molecule has 18 heavy (non-hydrogen) atoms. The highest BCUT2D eigenvalue weighted by Crippen LogP contribution is 2.17. The summed E-state index contributed by atoms with van der Waals surface area (Å²) in [6.07, 6.45) is 0. The summed E-state index contributed by atoms with van der Waals surface area (Å²) < 4.78 is 13.1. The third-order valence-electron chi connectivity index (χ3n) is 2.49. The number of hydrogen-bond acceptors (Lipinski definition) is 3. The maximum atomic E-state index is 13.1. The largest absolute Gasteiger partial charge is 0.398 e. The fourth-order valence-electron chi connectivity index (χ4n) is 1.68. The average Bonchev–Trinajstić information content (AvgIpc) is 2.27. The fourth-order valence-corrected chi connectivity index (χ4v) is 1.68. The van der Waals surface area contributed by atoms with E-state index in [0.29, 0.717) is 6.54 Å². The van der Waals surface area contributed by atoms with E-state index in [4.69, 9.17) is 5.73 Å². The smallest absolute Gasteiger partial charge is 0.256 e. The van der Waals surface area contributed by atoms with E-state index in [1.165, 1.54) is 17.0 Å². The summed E-state index contributed by atoms with van der Waals surface area (Å²) in [7, 11) is 0. The number of carbonyl (C=O) groups excluding carboxylic acids is 1. The van der Waals surface area contributed by atoms with E-state index >= 15 is 0 Å². The van der Waals surface area contributed by atoms with Gasteiger partial charge in [0.25, 0.3) is 5.91 Å². The molecule has 4 nitrogen and oxygen atoms in total. The molecule has 0 saturated carbocycles. The average molecular weight is 254 g/mol. The van der Waals surface area contributed by atoms with Gasteiger partial charge in [-0.2, -0.15) is 0 Å². The summed E-state index contributed by atoms with van der Waals surface area (Å²) in [5.74, 6) is -0.886. The maximum absolute atomic E-state index is 13.1. The molecule has 0 aliphatic rings. The van der Waals surface area contributed by atoms with Crippen molar-refractivity contribution in [1.29, 1.82) is 0 Å². The van der Waals surface area contributed by atoms with Crippen molar-refractivity contribution in [3.8, 4) is 0 Å². The Morgan fingerprint density at radius 2 is 2.11 bits per heavy atom. The topological polar surface area (TPSA) is 66.6 Å². The summed E-state index contributed by atoms with van der Waals surface area (Å²) >= 11 is 0. The van der Waals surface area contributed by atoms with Crippen LogP contribution in [0.5, 0.6) is 0 Å². The molecular formula is C13H19FN2O2. The minimum Gasteiger partial charge on any atom is -0.398 e. The second-order valence-electron chi connectivity index (χ2n) is 4.86. The first-order valence-electron chi connectivity index (χ1n) is 5.81. The SMILES string of the molecule is CCN(CC(C)(C)O)C(=O)c1cc(F)ccc1N. The highest BCUT2D eigenvalue weighted by atomic mass is 19.1. The third kappa shape index (κ3) is 3.70. The van der Waals surface area contributed by atoms with Crippen LogP contribution < -0.4 is 5.73 Å². The van der Waals surface area contributed by atoms with E-state index in [1.807, 2.05) is 0 Å². The van der Waals surface area contributed by atoms with Gasteiger partial charge >= 0.3 is 0 Å².